The Kier molecular flexibility index (Phi) is 5.58. The lowest BCUT2D eigenvalue weighted by Crippen LogP contribution is -2.42. The van der Waals surface area contributed by atoms with Crippen LogP contribution in [0.5, 0.6) is 0 Å². The van der Waals surface area contributed by atoms with Crippen LogP contribution in [0.1, 0.15) is 25.3 Å². The van der Waals surface area contributed by atoms with Gasteiger partial charge in [0.25, 0.3) is 5.69 Å². The molecule has 0 aliphatic carbocycles. The Morgan fingerprint density at radius 3 is 2.75 bits per heavy atom. The van der Waals surface area contributed by atoms with Crippen LogP contribution in [-0.4, -0.2) is 35.3 Å². The highest BCUT2D eigenvalue weighted by atomic mass is 79.9. The van der Waals surface area contributed by atoms with Crippen LogP contribution in [-0.2, 0) is 14.3 Å². The maximum Gasteiger partial charge on any atom is 0.321 e. The number of carbonyl (C=O) groups is 2. The summed E-state index contributed by atoms with van der Waals surface area (Å²) in [6.07, 6.45) is 0.722. The van der Waals surface area contributed by atoms with Crippen molar-refractivity contribution in [3.05, 3.63) is 33.9 Å². The molecule has 0 aromatic heterocycles. The van der Waals surface area contributed by atoms with Gasteiger partial charge in [-0.25, -0.2) is 0 Å². The summed E-state index contributed by atoms with van der Waals surface area (Å²) in [5, 5.41) is 11.4. The number of esters is 1. The van der Waals surface area contributed by atoms with Gasteiger partial charge >= 0.3 is 5.97 Å². The third-order valence-electron chi connectivity index (χ3n) is 4.29. The maximum absolute atomic E-state index is 13.0. The van der Waals surface area contributed by atoms with Crippen molar-refractivity contribution in [3.63, 3.8) is 0 Å². The second-order valence-electron chi connectivity index (χ2n) is 5.68. The summed E-state index contributed by atoms with van der Waals surface area (Å²) in [7, 11) is 0. The van der Waals surface area contributed by atoms with Crippen molar-refractivity contribution in [3.8, 4) is 0 Å². The number of anilines is 1. The van der Waals surface area contributed by atoms with E-state index in [2.05, 4.69) is 15.9 Å². The number of alkyl halides is 1. The molecule has 130 valence electrons. The van der Waals surface area contributed by atoms with Crippen molar-refractivity contribution in [1.29, 1.82) is 0 Å². The molecule has 0 radical (unpaired) electrons. The standard InChI is InChI=1S/C16H19BrN2O5/c1-3-24-15(21)16(6-8-17)7-9-18(14(16)20)13-5-4-12(19(22)23)10-11(13)2/h4-5,10H,3,6-9H2,1-2H3. The minimum absolute atomic E-state index is 0.0278. The Hall–Kier alpha value is -1.96. The van der Waals surface area contributed by atoms with E-state index < -0.39 is 16.3 Å². The Morgan fingerprint density at radius 1 is 1.50 bits per heavy atom. The van der Waals surface area contributed by atoms with E-state index >= 15 is 0 Å². The Bertz CT molecular complexity index is 678. The van der Waals surface area contributed by atoms with Gasteiger partial charge in [0.05, 0.1) is 11.5 Å². The van der Waals surface area contributed by atoms with Crippen LogP contribution < -0.4 is 4.90 Å². The van der Waals surface area contributed by atoms with E-state index in [4.69, 9.17) is 4.74 Å². The number of aryl methyl sites for hydroxylation is 1. The van der Waals surface area contributed by atoms with Crippen LogP contribution in [0.25, 0.3) is 0 Å². The number of ether oxygens (including phenoxy) is 1. The number of nitro benzene ring substituents is 1. The molecular weight excluding hydrogens is 380 g/mol. The first kappa shape index (κ1) is 18.4. The Balaban J connectivity index is 2.36. The second-order valence-corrected chi connectivity index (χ2v) is 6.47. The molecule has 1 aromatic rings. The zero-order chi connectivity index (χ0) is 17.9. The lowest BCUT2D eigenvalue weighted by molar-refractivity contribution is -0.384. The summed E-state index contributed by atoms with van der Waals surface area (Å²) in [6, 6.07) is 4.35. The van der Waals surface area contributed by atoms with E-state index in [9.17, 15) is 19.7 Å². The van der Waals surface area contributed by atoms with E-state index in [0.717, 1.165) is 0 Å². The predicted octanol–water partition coefficient (Wildman–Crippen LogP) is 2.97. The molecule has 1 aliphatic rings. The molecule has 2 rings (SSSR count). The molecule has 1 heterocycles. The van der Waals surface area contributed by atoms with Gasteiger partial charge in [-0.05, 0) is 38.3 Å². The highest BCUT2D eigenvalue weighted by molar-refractivity contribution is 9.09. The first-order valence-electron chi connectivity index (χ1n) is 7.67. The van der Waals surface area contributed by atoms with Crippen LogP contribution >= 0.6 is 15.9 Å². The fourth-order valence-electron chi connectivity index (χ4n) is 3.01. The minimum Gasteiger partial charge on any atom is -0.465 e. The normalized spacial score (nSPS) is 20.3. The number of nitro groups is 1. The molecule has 7 nitrogen and oxygen atoms in total. The summed E-state index contributed by atoms with van der Waals surface area (Å²) in [4.78, 5) is 37.3. The van der Waals surface area contributed by atoms with Crippen molar-refractivity contribution in [2.45, 2.75) is 26.7 Å². The van der Waals surface area contributed by atoms with Gasteiger partial charge in [0.15, 0.2) is 0 Å². The van der Waals surface area contributed by atoms with E-state index in [0.29, 0.717) is 36.0 Å². The van der Waals surface area contributed by atoms with Gasteiger partial charge < -0.3 is 9.64 Å². The SMILES string of the molecule is CCOC(=O)C1(CCBr)CCN(c2ccc([N+](=O)[O-])cc2C)C1=O. The van der Waals surface area contributed by atoms with Crippen molar-refractivity contribution in [2.75, 3.05) is 23.4 Å². The smallest absolute Gasteiger partial charge is 0.321 e. The third kappa shape index (κ3) is 3.15. The minimum atomic E-state index is -1.19. The average Bonchev–Trinajstić information content (AvgIpc) is 2.86. The molecule has 1 aliphatic heterocycles. The fraction of sp³-hybridized carbons (Fsp3) is 0.500. The Labute approximate surface area is 148 Å². The van der Waals surface area contributed by atoms with Gasteiger partial charge in [0.2, 0.25) is 5.91 Å². The molecule has 1 saturated heterocycles. The van der Waals surface area contributed by atoms with E-state index in [-0.39, 0.29) is 18.2 Å². The molecule has 1 fully saturated rings. The number of hydrogen-bond acceptors (Lipinski definition) is 5. The second kappa shape index (κ2) is 7.29. The van der Waals surface area contributed by atoms with E-state index in [1.54, 1.807) is 19.9 Å². The summed E-state index contributed by atoms with van der Waals surface area (Å²) in [5.41, 5.74) is -0.00400. The van der Waals surface area contributed by atoms with Gasteiger partial charge in [-0.3, -0.25) is 19.7 Å². The summed E-state index contributed by atoms with van der Waals surface area (Å²) < 4.78 is 5.12. The monoisotopic (exact) mass is 398 g/mol. The highest BCUT2D eigenvalue weighted by Gasteiger charge is 2.53. The zero-order valence-corrected chi connectivity index (χ0v) is 15.2. The zero-order valence-electron chi connectivity index (χ0n) is 13.6. The number of nitrogens with zero attached hydrogens (tertiary/aromatic N) is 2. The fourth-order valence-corrected chi connectivity index (χ4v) is 3.69. The van der Waals surface area contributed by atoms with Crippen LogP contribution in [0.15, 0.2) is 18.2 Å². The van der Waals surface area contributed by atoms with Crippen LogP contribution in [0.4, 0.5) is 11.4 Å². The van der Waals surface area contributed by atoms with Gasteiger partial charge in [0, 0.05) is 29.7 Å². The quantitative estimate of drug-likeness (QED) is 0.241. The molecule has 0 spiro atoms. The van der Waals surface area contributed by atoms with Crippen molar-refractivity contribution < 1.29 is 19.2 Å². The van der Waals surface area contributed by atoms with Crippen molar-refractivity contribution in [1.82, 2.24) is 0 Å². The predicted molar refractivity (Wildman–Crippen MR) is 92.3 cm³/mol. The largest absolute Gasteiger partial charge is 0.465 e. The molecule has 1 atom stereocenters. The molecule has 1 unspecified atom stereocenters. The van der Waals surface area contributed by atoms with Gasteiger partial charge in [-0.1, -0.05) is 15.9 Å². The number of halogens is 1. The number of carbonyl (C=O) groups excluding carboxylic acids is 2. The molecule has 0 bridgehead atoms. The highest BCUT2D eigenvalue weighted by Crippen LogP contribution is 2.41. The van der Waals surface area contributed by atoms with Gasteiger partial charge in [-0.15, -0.1) is 0 Å². The molecule has 1 amide bonds. The average molecular weight is 399 g/mol. The lowest BCUT2D eigenvalue weighted by Gasteiger charge is -2.25. The topological polar surface area (TPSA) is 89.8 Å². The first-order valence-corrected chi connectivity index (χ1v) is 8.79. The summed E-state index contributed by atoms with van der Waals surface area (Å²) in [6.45, 7) is 4.01. The molecular formula is C16H19BrN2O5. The first-order chi connectivity index (χ1) is 11.4. The number of amides is 1. The van der Waals surface area contributed by atoms with Gasteiger partial charge in [-0.2, -0.15) is 0 Å². The van der Waals surface area contributed by atoms with E-state index in [1.807, 2.05) is 0 Å². The Morgan fingerprint density at radius 2 is 2.21 bits per heavy atom. The van der Waals surface area contributed by atoms with Crippen LogP contribution in [0.2, 0.25) is 0 Å². The molecule has 24 heavy (non-hydrogen) atoms. The lowest BCUT2D eigenvalue weighted by atomic mass is 9.83. The molecule has 0 N–H and O–H groups in total. The molecule has 8 heteroatoms. The summed E-state index contributed by atoms with van der Waals surface area (Å²) in [5.74, 6) is -0.811. The van der Waals surface area contributed by atoms with E-state index in [1.165, 1.54) is 17.0 Å². The molecule has 0 saturated carbocycles. The van der Waals surface area contributed by atoms with Crippen LogP contribution in [0.3, 0.4) is 0 Å². The van der Waals surface area contributed by atoms with Crippen LogP contribution in [0, 0.1) is 22.5 Å². The summed E-state index contributed by atoms with van der Waals surface area (Å²) >= 11 is 3.30. The van der Waals surface area contributed by atoms with Gasteiger partial charge in [0.1, 0.15) is 5.41 Å². The third-order valence-corrected chi connectivity index (χ3v) is 4.68. The maximum atomic E-state index is 13.0. The van der Waals surface area contributed by atoms with Crippen molar-refractivity contribution >= 4 is 39.2 Å². The number of rotatable bonds is 6. The number of non-ortho nitro benzene ring substituents is 1. The number of hydrogen-bond donors (Lipinski definition) is 0. The van der Waals surface area contributed by atoms with Crippen molar-refractivity contribution in [2.24, 2.45) is 5.41 Å². The molecule has 1 aromatic carbocycles. The number of benzene rings is 1.